The zero-order chi connectivity index (χ0) is 20.4. The lowest BCUT2D eigenvalue weighted by molar-refractivity contribution is 0.0468. The van der Waals surface area contributed by atoms with Crippen LogP contribution in [0.5, 0.6) is 0 Å². The summed E-state index contributed by atoms with van der Waals surface area (Å²) in [7, 11) is -3.70. The molecule has 0 unspecified atom stereocenters. The van der Waals surface area contributed by atoms with Crippen molar-refractivity contribution in [1.82, 2.24) is 13.7 Å². The summed E-state index contributed by atoms with van der Waals surface area (Å²) < 4.78 is 39.7. The molecule has 1 saturated heterocycles. The van der Waals surface area contributed by atoms with Gasteiger partial charge in [0.15, 0.2) is 0 Å². The maximum atomic E-state index is 13.0. The van der Waals surface area contributed by atoms with Crippen LogP contribution >= 0.6 is 0 Å². The predicted molar refractivity (Wildman–Crippen MR) is 105 cm³/mol. The van der Waals surface area contributed by atoms with Gasteiger partial charge in [0.1, 0.15) is 12.3 Å². The number of aromatic nitrogens is 2. The summed E-state index contributed by atoms with van der Waals surface area (Å²) in [5.41, 5.74) is 2.13. The minimum Gasteiger partial charge on any atom is -0.456 e. The maximum Gasteiger partial charge on any atom is 0.338 e. The Bertz CT molecular complexity index is 1120. The largest absolute Gasteiger partial charge is 0.456 e. The third-order valence-electron chi connectivity index (χ3n) is 4.78. The number of morpholine rings is 1. The second kappa shape index (κ2) is 7.94. The molecular weight excluding hydrogens is 394 g/mol. The molecule has 0 saturated carbocycles. The molecule has 4 rings (SSSR count). The summed E-state index contributed by atoms with van der Waals surface area (Å²) in [5, 5.41) is 0. The van der Waals surface area contributed by atoms with Crippen molar-refractivity contribution in [2.75, 3.05) is 26.3 Å². The van der Waals surface area contributed by atoms with E-state index >= 15 is 0 Å². The summed E-state index contributed by atoms with van der Waals surface area (Å²) in [6, 6.07) is 10.2. The van der Waals surface area contributed by atoms with E-state index in [0.29, 0.717) is 37.6 Å². The number of hydrogen-bond donors (Lipinski definition) is 0. The zero-order valence-electron chi connectivity index (χ0n) is 15.9. The number of imidazole rings is 1. The van der Waals surface area contributed by atoms with Crippen molar-refractivity contribution in [3.63, 3.8) is 0 Å². The minimum absolute atomic E-state index is 0.0000626. The number of aryl methyl sites for hydroxylation is 1. The lowest BCUT2D eigenvalue weighted by Crippen LogP contribution is -2.40. The third kappa shape index (κ3) is 4.02. The van der Waals surface area contributed by atoms with Crippen LogP contribution in [-0.2, 0) is 26.1 Å². The average Bonchev–Trinajstić information content (AvgIpc) is 3.16. The Balaban J connectivity index is 1.52. The first-order chi connectivity index (χ1) is 13.9. The number of carbonyl (C=O) groups is 1. The van der Waals surface area contributed by atoms with E-state index in [9.17, 15) is 13.2 Å². The smallest absolute Gasteiger partial charge is 0.338 e. The van der Waals surface area contributed by atoms with Crippen LogP contribution in [0.25, 0.3) is 5.65 Å². The van der Waals surface area contributed by atoms with Crippen LogP contribution in [0.3, 0.4) is 0 Å². The number of sulfonamides is 1. The Kier molecular flexibility index (Phi) is 5.35. The molecule has 1 aliphatic heterocycles. The van der Waals surface area contributed by atoms with Gasteiger partial charge in [-0.2, -0.15) is 4.31 Å². The second-order valence-corrected chi connectivity index (χ2v) is 8.68. The van der Waals surface area contributed by atoms with Gasteiger partial charge in [-0.05, 0) is 36.8 Å². The molecule has 0 radical (unpaired) electrons. The molecule has 0 spiro atoms. The monoisotopic (exact) mass is 415 g/mol. The van der Waals surface area contributed by atoms with Crippen molar-refractivity contribution < 1.29 is 22.7 Å². The quantitative estimate of drug-likeness (QED) is 0.592. The lowest BCUT2D eigenvalue weighted by atomic mass is 10.1. The number of esters is 1. The van der Waals surface area contributed by atoms with Gasteiger partial charge in [0.2, 0.25) is 10.0 Å². The van der Waals surface area contributed by atoms with E-state index in [0.717, 1.165) is 5.65 Å². The van der Waals surface area contributed by atoms with Crippen molar-refractivity contribution in [1.29, 1.82) is 0 Å². The fraction of sp³-hybridized carbons (Fsp3) is 0.300. The fourth-order valence-electron chi connectivity index (χ4n) is 3.21. The molecule has 2 aromatic heterocycles. The Morgan fingerprint density at radius 2 is 2.00 bits per heavy atom. The molecule has 1 aliphatic rings. The van der Waals surface area contributed by atoms with Gasteiger partial charge in [-0.3, -0.25) is 0 Å². The van der Waals surface area contributed by atoms with Crippen LogP contribution < -0.4 is 0 Å². The van der Waals surface area contributed by atoms with Gasteiger partial charge in [-0.15, -0.1) is 0 Å². The van der Waals surface area contributed by atoms with Crippen molar-refractivity contribution in [3.05, 3.63) is 65.6 Å². The van der Waals surface area contributed by atoms with Crippen molar-refractivity contribution in [2.24, 2.45) is 0 Å². The molecule has 1 aromatic carbocycles. The molecule has 0 N–H and O–H groups in total. The van der Waals surface area contributed by atoms with Crippen LogP contribution in [0.2, 0.25) is 0 Å². The van der Waals surface area contributed by atoms with Crippen LogP contribution in [-0.4, -0.2) is 54.4 Å². The van der Waals surface area contributed by atoms with E-state index < -0.39 is 16.0 Å². The van der Waals surface area contributed by atoms with Crippen molar-refractivity contribution >= 4 is 21.6 Å². The molecule has 1 fully saturated rings. The summed E-state index contributed by atoms with van der Waals surface area (Å²) in [5.74, 6) is -0.597. The van der Waals surface area contributed by atoms with E-state index in [4.69, 9.17) is 9.47 Å². The van der Waals surface area contributed by atoms with Gasteiger partial charge < -0.3 is 13.9 Å². The SMILES string of the molecule is Cc1ccc(C(=O)OCc2cn3ccccc3n2)cc1S(=O)(=O)N1CCOCC1. The van der Waals surface area contributed by atoms with Crippen LogP contribution in [0, 0.1) is 6.92 Å². The number of rotatable bonds is 5. The van der Waals surface area contributed by atoms with E-state index in [1.807, 2.05) is 28.8 Å². The Hall–Kier alpha value is -2.75. The standard InChI is InChI=1S/C20H21N3O5S/c1-15-5-6-16(12-18(15)29(25,26)23-8-10-27-11-9-23)20(24)28-14-17-13-22-7-3-2-4-19(22)21-17/h2-7,12-13H,8-11,14H2,1H3. The van der Waals surface area contributed by atoms with Gasteiger partial charge in [-0.1, -0.05) is 12.1 Å². The topological polar surface area (TPSA) is 90.2 Å². The summed E-state index contributed by atoms with van der Waals surface area (Å²) in [6.07, 6.45) is 3.64. The summed E-state index contributed by atoms with van der Waals surface area (Å²) in [6.45, 7) is 3.02. The molecule has 9 heteroatoms. The van der Waals surface area contributed by atoms with E-state index in [2.05, 4.69) is 4.98 Å². The molecule has 29 heavy (non-hydrogen) atoms. The number of carbonyl (C=O) groups excluding carboxylic acids is 1. The van der Waals surface area contributed by atoms with Gasteiger partial charge in [0, 0.05) is 25.5 Å². The summed E-state index contributed by atoms with van der Waals surface area (Å²) >= 11 is 0. The van der Waals surface area contributed by atoms with E-state index in [1.165, 1.54) is 10.4 Å². The molecule has 8 nitrogen and oxygen atoms in total. The average molecular weight is 415 g/mol. The van der Waals surface area contributed by atoms with Gasteiger partial charge in [0.25, 0.3) is 0 Å². The normalized spacial score (nSPS) is 15.5. The van der Waals surface area contributed by atoms with Crippen LogP contribution in [0.15, 0.2) is 53.7 Å². The van der Waals surface area contributed by atoms with Crippen molar-refractivity contribution in [2.45, 2.75) is 18.4 Å². The number of hydrogen-bond acceptors (Lipinski definition) is 6. The summed E-state index contributed by atoms with van der Waals surface area (Å²) in [4.78, 5) is 17.0. The van der Waals surface area contributed by atoms with Crippen molar-refractivity contribution in [3.8, 4) is 0 Å². The van der Waals surface area contributed by atoms with Gasteiger partial charge in [0.05, 0.1) is 29.4 Å². The maximum absolute atomic E-state index is 13.0. The Morgan fingerprint density at radius 3 is 2.76 bits per heavy atom. The van der Waals surface area contributed by atoms with E-state index in [-0.39, 0.29) is 17.1 Å². The second-order valence-electron chi connectivity index (χ2n) is 6.77. The Labute approximate surface area is 168 Å². The predicted octanol–water partition coefficient (Wildman–Crippen LogP) is 2.02. The fourth-order valence-corrected chi connectivity index (χ4v) is 4.87. The highest BCUT2D eigenvalue weighted by molar-refractivity contribution is 7.89. The molecule has 3 heterocycles. The highest BCUT2D eigenvalue weighted by Crippen LogP contribution is 2.23. The molecular formula is C20H21N3O5S. The number of ether oxygens (including phenoxy) is 2. The highest BCUT2D eigenvalue weighted by Gasteiger charge is 2.28. The number of fused-ring (bicyclic) bond motifs is 1. The van der Waals surface area contributed by atoms with Crippen LogP contribution in [0.1, 0.15) is 21.6 Å². The molecule has 0 atom stereocenters. The first-order valence-electron chi connectivity index (χ1n) is 9.23. The molecule has 0 aliphatic carbocycles. The van der Waals surface area contributed by atoms with Gasteiger partial charge in [-0.25, -0.2) is 18.2 Å². The highest BCUT2D eigenvalue weighted by atomic mass is 32.2. The van der Waals surface area contributed by atoms with Gasteiger partial charge >= 0.3 is 5.97 Å². The molecule has 0 amide bonds. The Morgan fingerprint density at radius 1 is 1.21 bits per heavy atom. The molecule has 3 aromatic rings. The van der Waals surface area contributed by atoms with E-state index in [1.54, 1.807) is 25.3 Å². The molecule has 0 bridgehead atoms. The minimum atomic E-state index is -3.70. The first kappa shape index (κ1) is 19.6. The number of benzene rings is 1. The lowest BCUT2D eigenvalue weighted by Gasteiger charge is -2.26. The first-order valence-corrected chi connectivity index (χ1v) is 10.7. The number of nitrogens with zero attached hydrogens (tertiary/aromatic N) is 3. The number of pyridine rings is 1. The van der Waals surface area contributed by atoms with Crippen LogP contribution in [0.4, 0.5) is 0 Å². The molecule has 152 valence electrons. The zero-order valence-corrected chi connectivity index (χ0v) is 16.8. The third-order valence-corrected chi connectivity index (χ3v) is 6.82.